The average molecular weight is 468 g/mol. The maximum absolute atomic E-state index is 14.6. The molecule has 0 aliphatic carbocycles. The normalized spacial score (nSPS) is 10.9. The monoisotopic (exact) mass is 467 g/mol. The van der Waals surface area contributed by atoms with Gasteiger partial charge >= 0.3 is 0 Å². The van der Waals surface area contributed by atoms with E-state index in [1.807, 2.05) is 5.38 Å². The summed E-state index contributed by atoms with van der Waals surface area (Å²) in [6, 6.07) is 7.71. The highest BCUT2D eigenvalue weighted by Gasteiger charge is 2.16. The van der Waals surface area contributed by atoms with Crippen LogP contribution in [0.3, 0.4) is 0 Å². The zero-order chi connectivity index (χ0) is 20.4. The number of halogens is 3. The molecule has 29 heavy (non-hydrogen) atoms. The fourth-order valence-electron chi connectivity index (χ4n) is 2.47. The summed E-state index contributed by atoms with van der Waals surface area (Å²) in [5, 5.41) is 9.12. The Morgan fingerprint density at radius 2 is 2.03 bits per heavy atom. The van der Waals surface area contributed by atoms with Gasteiger partial charge in [-0.15, -0.1) is 11.3 Å². The van der Waals surface area contributed by atoms with E-state index >= 15 is 0 Å². The lowest BCUT2D eigenvalue weighted by molar-refractivity contribution is 0.476. The number of rotatable bonds is 6. The van der Waals surface area contributed by atoms with Gasteiger partial charge in [0.15, 0.2) is 0 Å². The van der Waals surface area contributed by atoms with Crippen molar-refractivity contribution < 1.29 is 9.13 Å². The van der Waals surface area contributed by atoms with E-state index < -0.39 is 5.82 Å². The molecule has 2 aromatic heterocycles. The number of nitrogen functional groups attached to an aromatic ring is 1. The number of H-pyrrole nitrogens is 1. The van der Waals surface area contributed by atoms with Gasteiger partial charge in [0, 0.05) is 27.6 Å². The summed E-state index contributed by atoms with van der Waals surface area (Å²) < 4.78 is 23.4. The molecular weight excluding hydrogens is 456 g/mol. The lowest BCUT2D eigenvalue weighted by Gasteiger charge is -2.14. The number of nitrogens with one attached hydrogen (secondary N) is 2. The molecule has 4 N–H and O–H groups in total. The van der Waals surface area contributed by atoms with Crippen LogP contribution in [0.25, 0.3) is 11.1 Å². The van der Waals surface area contributed by atoms with Gasteiger partial charge in [-0.3, -0.25) is 5.10 Å². The van der Waals surface area contributed by atoms with Crippen LogP contribution in [0.5, 0.6) is 11.5 Å². The summed E-state index contributed by atoms with van der Waals surface area (Å²) in [6.45, 7) is 0. The Morgan fingerprint density at radius 3 is 2.76 bits per heavy atom. The number of benzene rings is 2. The molecule has 0 radical (unpaired) electrons. The summed E-state index contributed by atoms with van der Waals surface area (Å²) in [4.78, 5) is 4.39. The largest absolute Gasteiger partial charge is 0.455 e. The lowest BCUT2D eigenvalue weighted by atomic mass is 10.1. The number of hydrogen-bond donors (Lipinski definition) is 3. The SMILES string of the molecule is Nc1[nH]ncc1-c1cc(Cl)ccc1Oc1cc(F)c(SNc2cscn2)cc1Cl. The maximum Gasteiger partial charge on any atom is 0.149 e. The first-order valence-electron chi connectivity index (χ1n) is 8.08. The minimum Gasteiger partial charge on any atom is -0.455 e. The summed E-state index contributed by atoms with van der Waals surface area (Å²) in [7, 11) is 0. The Hall–Kier alpha value is -2.46. The van der Waals surface area contributed by atoms with E-state index in [0.717, 1.165) is 11.9 Å². The molecule has 11 heteroatoms. The first kappa shape index (κ1) is 19.8. The van der Waals surface area contributed by atoms with Gasteiger partial charge in [-0.2, -0.15) is 5.10 Å². The van der Waals surface area contributed by atoms with Crippen LogP contribution in [0.2, 0.25) is 10.0 Å². The molecule has 0 spiro atoms. The molecule has 0 amide bonds. The van der Waals surface area contributed by atoms with Gasteiger partial charge in [0.2, 0.25) is 0 Å². The van der Waals surface area contributed by atoms with Gasteiger partial charge in [0.05, 0.1) is 21.6 Å². The third-order valence-corrected chi connectivity index (χ3v) is 5.77. The molecule has 2 heterocycles. The molecule has 6 nitrogen and oxygen atoms in total. The van der Waals surface area contributed by atoms with Crippen LogP contribution in [0.15, 0.2) is 52.3 Å². The van der Waals surface area contributed by atoms with Gasteiger partial charge in [-0.05, 0) is 36.2 Å². The molecule has 0 saturated carbocycles. The molecule has 0 aliphatic heterocycles. The highest BCUT2D eigenvalue weighted by Crippen LogP contribution is 2.40. The van der Waals surface area contributed by atoms with Gasteiger partial charge in [-0.1, -0.05) is 23.2 Å². The van der Waals surface area contributed by atoms with E-state index in [4.69, 9.17) is 33.7 Å². The van der Waals surface area contributed by atoms with Crippen LogP contribution in [-0.2, 0) is 0 Å². The number of thiazole rings is 1. The molecule has 148 valence electrons. The van der Waals surface area contributed by atoms with E-state index in [0.29, 0.717) is 38.4 Å². The van der Waals surface area contributed by atoms with Gasteiger partial charge in [0.1, 0.15) is 29.0 Å². The van der Waals surface area contributed by atoms with Crippen LogP contribution < -0.4 is 15.2 Å². The Morgan fingerprint density at radius 1 is 1.17 bits per heavy atom. The predicted octanol–water partition coefficient (Wildman–Crippen LogP) is 6.47. The zero-order valence-electron chi connectivity index (χ0n) is 14.4. The van der Waals surface area contributed by atoms with E-state index in [1.165, 1.54) is 23.5 Å². The molecule has 4 rings (SSSR count). The van der Waals surface area contributed by atoms with Crippen molar-refractivity contribution in [3.8, 4) is 22.6 Å². The highest BCUT2D eigenvalue weighted by atomic mass is 35.5. The Balaban J connectivity index is 1.62. The maximum atomic E-state index is 14.6. The molecule has 0 bridgehead atoms. The summed E-state index contributed by atoms with van der Waals surface area (Å²) in [6.07, 6.45) is 1.56. The molecular formula is C18H12Cl2FN5OS2. The average Bonchev–Trinajstić information content (AvgIpc) is 3.36. The summed E-state index contributed by atoms with van der Waals surface area (Å²) in [5.74, 6) is 1.07. The Labute approximate surface area is 183 Å². The fourth-order valence-corrected chi connectivity index (χ4v) is 4.12. The number of ether oxygens (including phenoxy) is 1. The number of nitrogens with two attached hydrogens (primary N) is 1. The van der Waals surface area contributed by atoms with E-state index in [1.54, 1.807) is 29.9 Å². The molecule has 0 fully saturated rings. The standard InChI is InChI=1S/C18H12Cl2FN5OS2/c19-9-1-2-14(10(3-9)11-6-24-25-18(11)22)27-15-5-13(21)16(4-12(15)20)29-26-17-7-28-8-23-17/h1-8,26H,(H3,22,24,25). The van der Waals surface area contributed by atoms with Crippen molar-refractivity contribution >= 4 is 58.1 Å². The number of hydrogen-bond acceptors (Lipinski definition) is 7. The van der Waals surface area contributed by atoms with Gasteiger partial charge in [0.25, 0.3) is 0 Å². The number of anilines is 2. The topological polar surface area (TPSA) is 88.9 Å². The number of aromatic nitrogens is 3. The smallest absolute Gasteiger partial charge is 0.149 e. The first-order valence-corrected chi connectivity index (χ1v) is 10.6. The first-order chi connectivity index (χ1) is 14.0. The van der Waals surface area contributed by atoms with Crippen molar-refractivity contribution in [1.82, 2.24) is 15.2 Å². The van der Waals surface area contributed by atoms with Crippen molar-refractivity contribution in [1.29, 1.82) is 0 Å². The molecule has 0 unspecified atom stereocenters. The van der Waals surface area contributed by atoms with Crippen molar-refractivity contribution in [2.45, 2.75) is 4.90 Å². The van der Waals surface area contributed by atoms with Crippen LogP contribution in [0.4, 0.5) is 16.0 Å². The molecule has 0 atom stereocenters. The second-order valence-corrected chi connectivity index (χ2v) is 8.14. The minimum absolute atomic E-state index is 0.160. The highest BCUT2D eigenvalue weighted by molar-refractivity contribution is 8.00. The summed E-state index contributed by atoms with van der Waals surface area (Å²) >= 11 is 15.0. The molecule has 0 saturated heterocycles. The van der Waals surface area contributed by atoms with E-state index in [-0.39, 0.29) is 10.8 Å². The molecule has 0 aliphatic rings. The van der Waals surface area contributed by atoms with Crippen molar-refractivity contribution in [3.05, 3.63) is 63.3 Å². The van der Waals surface area contributed by atoms with Gasteiger partial charge in [-0.25, -0.2) is 9.37 Å². The zero-order valence-corrected chi connectivity index (χ0v) is 17.6. The van der Waals surface area contributed by atoms with E-state index in [2.05, 4.69) is 19.9 Å². The van der Waals surface area contributed by atoms with Crippen LogP contribution in [0.1, 0.15) is 0 Å². The Kier molecular flexibility index (Phi) is 5.81. The van der Waals surface area contributed by atoms with E-state index in [9.17, 15) is 4.39 Å². The van der Waals surface area contributed by atoms with Crippen LogP contribution >= 0.6 is 46.5 Å². The molecule has 2 aromatic carbocycles. The second kappa shape index (κ2) is 8.50. The van der Waals surface area contributed by atoms with Crippen LogP contribution in [0, 0.1) is 5.82 Å². The van der Waals surface area contributed by atoms with Crippen LogP contribution in [-0.4, -0.2) is 15.2 Å². The van der Waals surface area contributed by atoms with Crippen molar-refractivity contribution in [3.63, 3.8) is 0 Å². The molecule has 4 aromatic rings. The minimum atomic E-state index is -0.490. The van der Waals surface area contributed by atoms with Crippen molar-refractivity contribution in [2.24, 2.45) is 0 Å². The predicted molar refractivity (Wildman–Crippen MR) is 117 cm³/mol. The number of nitrogens with zero attached hydrogens (tertiary/aromatic N) is 2. The Bertz CT molecular complexity index is 1150. The quantitative estimate of drug-likeness (QED) is 0.281. The third-order valence-electron chi connectivity index (χ3n) is 3.80. The second-order valence-electron chi connectivity index (χ2n) is 5.73. The van der Waals surface area contributed by atoms with Gasteiger partial charge < -0.3 is 15.2 Å². The lowest BCUT2D eigenvalue weighted by Crippen LogP contribution is -1.94. The van der Waals surface area contributed by atoms with Crippen molar-refractivity contribution in [2.75, 3.05) is 10.5 Å². The summed E-state index contributed by atoms with van der Waals surface area (Å²) in [5.41, 5.74) is 8.81. The fraction of sp³-hybridized carbons (Fsp3) is 0. The third kappa shape index (κ3) is 4.43. The number of aromatic amines is 1.